The molecule has 0 fully saturated rings. The summed E-state index contributed by atoms with van der Waals surface area (Å²) in [5.41, 5.74) is 4.34. The van der Waals surface area contributed by atoms with Crippen LogP contribution in [0, 0.1) is 20.8 Å². The third-order valence-corrected chi connectivity index (χ3v) is 7.38. The van der Waals surface area contributed by atoms with Gasteiger partial charge in [-0.25, -0.2) is 0 Å². The van der Waals surface area contributed by atoms with Crippen LogP contribution in [0.2, 0.25) is 5.02 Å². The van der Waals surface area contributed by atoms with Crippen LogP contribution in [-0.2, 0) is 6.42 Å². The molecular weight excluding hydrogens is 442 g/mol. The molecule has 0 radical (unpaired) electrons. The molecule has 4 heterocycles. The number of nitrogens with zero attached hydrogens (tertiary/aromatic N) is 7. The molecular formula is C23H24ClN7S. The lowest BCUT2D eigenvalue weighted by Gasteiger charge is -2.15. The maximum Gasteiger partial charge on any atom is 0.163 e. The van der Waals surface area contributed by atoms with Crippen molar-refractivity contribution in [3.05, 3.63) is 74.7 Å². The van der Waals surface area contributed by atoms with Crippen LogP contribution in [0.5, 0.6) is 0 Å². The maximum atomic E-state index is 6.19. The van der Waals surface area contributed by atoms with E-state index in [0.717, 1.165) is 39.3 Å². The highest BCUT2D eigenvalue weighted by Crippen LogP contribution is 2.39. The number of halogens is 1. The van der Waals surface area contributed by atoms with Gasteiger partial charge in [0.2, 0.25) is 0 Å². The van der Waals surface area contributed by atoms with Crippen LogP contribution in [0.3, 0.4) is 0 Å². The van der Waals surface area contributed by atoms with E-state index in [0.29, 0.717) is 11.4 Å². The van der Waals surface area contributed by atoms with E-state index in [1.165, 1.54) is 10.4 Å². The first kappa shape index (κ1) is 21.0. The van der Waals surface area contributed by atoms with Crippen molar-refractivity contribution in [2.24, 2.45) is 4.99 Å². The highest BCUT2D eigenvalue weighted by Gasteiger charge is 2.32. The molecule has 0 unspecified atom stereocenters. The third kappa shape index (κ3) is 3.38. The SMILES string of the molecule is Cc1sc2c(c1C)C(c1ccc(Cl)cc1)=N[C@@H](Cc1nncn1C(C)C)c1nnc(C)n1-2. The lowest BCUT2D eigenvalue weighted by atomic mass is 9.99. The number of hydrogen-bond acceptors (Lipinski definition) is 6. The van der Waals surface area contributed by atoms with Crippen LogP contribution in [0.4, 0.5) is 0 Å². The summed E-state index contributed by atoms with van der Waals surface area (Å²) < 4.78 is 4.24. The molecule has 3 aromatic heterocycles. The molecule has 0 aliphatic carbocycles. The zero-order chi connectivity index (χ0) is 22.6. The van der Waals surface area contributed by atoms with Crippen LogP contribution in [0.25, 0.3) is 5.00 Å². The Morgan fingerprint density at radius 1 is 1.06 bits per heavy atom. The van der Waals surface area contributed by atoms with Gasteiger partial charge < -0.3 is 4.57 Å². The molecule has 0 saturated carbocycles. The smallest absolute Gasteiger partial charge is 0.163 e. The predicted octanol–water partition coefficient (Wildman–Crippen LogP) is 5.21. The number of fused-ring (bicyclic) bond motifs is 3. The molecule has 1 aromatic carbocycles. The van der Waals surface area contributed by atoms with Crippen molar-refractivity contribution in [2.75, 3.05) is 0 Å². The molecule has 7 nitrogen and oxygen atoms in total. The Balaban J connectivity index is 1.75. The highest BCUT2D eigenvalue weighted by molar-refractivity contribution is 7.15. The summed E-state index contributed by atoms with van der Waals surface area (Å²) in [5.74, 6) is 2.56. The lowest BCUT2D eigenvalue weighted by molar-refractivity contribution is 0.538. The van der Waals surface area contributed by atoms with Gasteiger partial charge in [-0.2, -0.15) is 0 Å². The van der Waals surface area contributed by atoms with E-state index in [-0.39, 0.29) is 12.1 Å². The van der Waals surface area contributed by atoms with E-state index in [4.69, 9.17) is 16.6 Å². The second-order valence-corrected chi connectivity index (χ2v) is 10.00. The minimum Gasteiger partial charge on any atom is -0.315 e. The van der Waals surface area contributed by atoms with Gasteiger partial charge in [-0.3, -0.25) is 9.56 Å². The molecule has 0 spiro atoms. The van der Waals surface area contributed by atoms with Crippen LogP contribution >= 0.6 is 22.9 Å². The van der Waals surface area contributed by atoms with Crippen molar-refractivity contribution in [3.8, 4) is 5.00 Å². The molecule has 9 heteroatoms. The normalized spacial score (nSPS) is 15.5. The number of aromatic nitrogens is 6. The number of thiophene rings is 1. The monoisotopic (exact) mass is 465 g/mol. The minimum atomic E-state index is -0.247. The summed E-state index contributed by atoms with van der Waals surface area (Å²) in [6, 6.07) is 7.90. The van der Waals surface area contributed by atoms with Crippen molar-refractivity contribution in [2.45, 2.75) is 53.1 Å². The van der Waals surface area contributed by atoms with Gasteiger partial charge in [-0.05, 0) is 52.3 Å². The van der Waals surface area contributed by atoms with Gasteiger partial charge in [0.1, 0.15) is 29.0 Å². The van der Waals surface area contributed by atoms with Gasteiger partial charge in [-0.15, -0.1) is 31.7 Å². The fraction of sp³-hybridized carbons (Fsp3) is 0.348. The number of hydrogen-bond donors (Lipinski definition) is 0. The first-order chi connectivity index (χ1) is 15.3. The number of aryl methyl sites for hydroxylation is 2. The molecule has 1 atom stereocenters. The molecule has 0 amide bonds. The summed E-state index contributed by atoms with van der Waals surface area (Å²) in [7, 11) is 0. The summed E-state index contributed by atoms with van der Waals surface area (Å²) >= 11 is 7.94. The molecule has 1 aliphatic heterocycles. The van der Waals surface area contributed by atoms with Crippen LogP contribution in [0.1, 0.15) is 65.0 Å². The van der Waals surface area contributed by atoms with Crippen molar-refractivity contribution in [1.82, 2.24) is 29.5 Å². The van der Waals surface area contributed by atoms with Crippen molar-refractivity contribution in [1.29, 1.82) is 0 Å². The Kier molecular flexibility index (Phi) is 5.22. The second-order valence-electron chi connectivity index (χ2n) is 8.36. The highest BCUT2D eigenvalue weighted by atomic mass is 35.5. The van der Waals surface area contributed by atoms with E-state index < -0.39 is 0 Å². The van der Waals surface area contributed by atoms with E-state index in [1.54, 1.807) is 17.7 Å². The van der Waals surface area contributed by atoms with Gasteiger partial charge in [0.05, 0.1) is 5.71 Å². The average molecular weight is 466 g/mol. The average Bonchev–Trinajstić information content (AvgIpc) is 3.42. The van der Waals surface area contributed by atoms with Crippen molar-refractivity contribution >= 4 is 28.6 Å². The molecule has 164 valence electrons. The maximum absolute atomic E-state index is 6.19. The van der Waals surface area contributed by atoms with Gasteiger partial charge >= 0.3 is 0 Å². The van der Waals surface area contributed by atoms with Gasteiger partial charge in [-0.1, -0.05) is 23.7 Å². The second kappa shape index (κ2) is 7.94. The minimum absolute atomic E-state index is 0.247. The van der Waals surface area contributed by atoms with Crippen LogP contribution in [-0.4, -0.2) is 35.2 Å². The zero-order valence-corrected chi connectivity index (χ0v) is 20.2. The van der Waals surface area contributed by atoms with E-state index in [1.807, 2.05) is 31.2 Å². The molecule has 0 bridgehead atoms. The van der Waals surface area contributed by atoms with E-state index in [9.17, 15) is 0 Å². The predicted molar refractivity (Wildman–Crippen MR) is 127 cm³/mol. The molecule has 0 saturated heterocycles. The fourth-order valence-corrected chi connectivity index (χ4v) is 5.49. The first-order valence-electron chi connectivity index (χ1n) is 10.6. The van der Waals surface area contributed by atoms with Gasteiger partial charge in [0.15, 0.2) is 5.82 Å². The van der Waals surface area contributed by atoms with Gasteiger partial charge in [0.25, 0.3) is 0 Å². The summed E-state index contributed by atoms with van der Waals surface area (Å²) in [6.07, 6.45) is 2.36. The Morgan fingerprint density at radius 2 is 1.81 bits per heavy atom. The van der Waals surface area contributed by atoms with Crippen molar-refractivity contribution < 1.29 is 0 Å². The number of benzene rings is 1. The quantitative estimate of drug-likeness (QED) is 0.414. The van der Waals surface area contributed by atoms with Crippen molar-refractivity contribution in [3.63, 3.8) is 0 Å². The van der Waals surface area contributed by atoms with Crippen LogP contribution in [0.15, 0.2) is 35.6 Å². The van der Waals surface area contributed by atoms with E-state index >= 15 is 0 Å². The topological polar surface area (TPSA) is 73.8 Å². The largest absolute Gasteiger partial charge is 0.315 e. The molecule has 5 rings (SSSR count). The Bertz CT molecular complexity index is 1330. The molecule has 4 aromatic rings. The lowest BCUT2D eigenvalue weighted by Crippen LogP contribution is -2.13. The fourth-order valence-electron chi connectivity index (χ4n) is 4.15. The molecule has 1 aliphatic rings. The summed E-state index contributed by atoms with van der Waals surface area (Å²) in [4.78, 5) is 6.55. The first-order valence-corrected chi connectivity index (χ1v) is 11.8. The Morgan fingerprint density at radius 3 is 2.53 bits per heavy atom. The summed E-state index contributed by atoms with van der Waals surface area (Å²) in [5, 5.41) is 19.3. The molecule has 32 heavy (non-hydrogen) atoms. The Labute approximate surface area is 195 Å². The number of aliphatic imine (C=N–C) groups is 1. The van der Waals surface area contributed by atoms with Gasteiger partial charge in [0, 0.05) is 33.5 Å². The standard InChI is InChI=1S/C23H24ClN7S/c1-12(2)30-11-25-28-19(30)10-18-22-29-27-15(5)31(22)23-20(13(3)14(4)32-23)21(26-18)16-6-8-17(24)9-7-16/h6-9,11-12,18H,10H2,1-5H3/t18-/m0/s1. The third-order valence-electron chi connectivity index (χ3n) is 5.94. The number of rotatable bonds is 4. The molecule has 0 N–H and O–H groups in total. The van der Waals surface area contributed by atoms with Crippen LogP contribution < -0.4 is 0 Å². The Hall–Kier alpha value is -2.84. The zero-order valence-electron chi connectivity index (χ0n) is 18.7. The summed E-state index contributed by atoms with van der Waals surface area (Å²) in [6.45, 7) is 10.5. The van der Waals surface area contributed by atoms with E-state index in [2.05, 4.69) is 57.2 Å².